The van der Waals surface area contributed by atoms with Gasteiger partial charge in [-0.05, 0) is 39.2 Å². The van der Waals surface area contributed by atoms with Crippen LogP contribution in [-0.4, -0.2) is 30.0 Å². The van der Waals surface area contributed by atoms with Gasteiger partial charge in [0, 0.05) is 0 Å². The summed E-state index contributed by atoms with van der Waals surface area (Å²) in [7, 11) is -4.40. The molecule has 1 aromatic rings. The van der Waals surface area contributed by atoms with E-state index in [1.807, 2.05) is 30.3 Å². The molecule has 1 atom stereocenters. The smallest absolute Gasteiger partial charge is 0.408 e. The Bertz CT molecular complexity index is 563. The second-order valence-corrected chi connectivity index (χ2v) is 7.27. The Hall–Kier alpha value is -1.60. The topological polar surface area (TPSA) is 92.7 Å². The summed E-state index contributed by atoms with van der Waals surface area (Å²) in [5.41, 5.74) is 0.171. The first-order chi connectivity index (χ1) is 9.58. The Morgan fingerprint density at radius 1 is 1.29 bits per heavy atom. The van der Waals surface area contributed by atoms with E-state index in [9.17, 15) is 17.8 Å². The largest absolute Gasteiger partial charge is 0.444 e. The summed E-state index contributed by atoms with van der Waals surface area (Å²) in [5.74, 6) is 0. The van der Waals surface area contributed by atoms with Crippen molar-refractivity contribution in [1.82, 2.24) is 5.32 Å². The average molecular weight is 315 g/mol. The van der Waals surface area contributed by atoms with Crippen LogP contribution < -0.4 is 5.32 Å². The van der Waals surface area contributed by atoms with Crippen molar-refractivity contribution in [3.05, 3.63) is 35.9 Å². The van der Waals surface area contributed by atoms with Crippen molar-refractivity contribution in [2.75, 3.05) is 0 Å². The predicted molar refractivity (Wildman–Crippen MR) is 79.5 cm³/mol. The normalized spacial score (nSPS) is 13.5. The van der Waals surface area contributed by atoms with Crippen LogP contribution in [-0.2, 0) is 21.3 Å². The SMILES string of the molecule is CC(C)(C)OC(=O)NC(CCc1ccccc1)S(=O)(=O)O. The molecular formula is C14H21NO5S. The van der Waals surface area contributed by atoms with Crippen molar-refractivity contribution in [2.24, 2.45) is 0 Å². The molecule has 0 spiro atoms. The zero-order valence-corrected chi connectivity index (χ0v) is 13.2. The van der Waals surface area contributed by atoms with Crippen LogP contribution in [0.5, 0.6) is 0 Å². The number of aryl methyl sites for hydroxylation is 1. The first-order valence-electron chi connectivity index (χ1n) is 6.58. The van der Waals surface area contributed by atoms with Crippen molar-refractivity contribution >= 4 is 16.2 Å². The van der Waals surface area contributed by atoms with Gasteiger partial charge in [0.1, 0.15) is 5.60 Å². The van der Waals surface area contributed by atoms with E-state index in [1.165, 1.54) is 0 Å². The van der Waals surface area contributed by atoms with Gasteiger partial charge in [-0.3, -0.25) is 4.55 Å². The first kappa shape index (κ1) is 17.5. The number of benzene rings is 1. The van der Waals surface area contributed by atoms with E-state index in [0.717, 1.165) is 5.56 Å². The highest BCUT2D eigenvalue weighted by Gasteiger charge is 2.27. The monoisotopic (exact) mass is 315 g/mol. The van der Waals surface area contributed by atoms with Crippen LogP contribution in [0, 0.1) is 0 Å². The molecule has 118 valence electrons. The molecule has 0 radical (unpaired) electrons. The number of hydrogen-bond donors (Lipinski definition) is 2. The number of amides is 1. The van der Waals surface area contributed by atoms with Gasteiger partial charge < -0.3 is 10.1 Å². The van der Waals surface area contributed by atoms with Crippen LogP contribution in [0.1, 0.15) is 32.8 Å². The highest BCUT2D eigenvalue weighted by atomic mass is 32.2. The first-order valence-corrected chi connectivity index (χ1v) is 8.08. The molecule has 7 heteroatoms. The molecule has 0 aliphatic rings. The Morgan fingerprint density at radius 2 is 1.86 bits per heavy atom. The molecule has 1 amide bonds. The maximum Gasteiger partial charge on any atom is 0.408 e. The molecular weight excluding hydrogens is 294 g/mol. The third-order valence-corrected chi connectivity index (χ3v) is 3.65. The molecule has 0 saturated carbocycles. The van der Waals surface area contributed by atoms with Crippen LogP contribution in [0.4, 0.5) is 4.79 Å². The molecule has 0 aromatic heterocycles. The molecule has 2 N–H and O–H groups in total. The fraction of sp³-hybridized carbons (Fsp3) is 0.500. The third kappa shape index (κ3) is 7.10. The second kappa shape index (κ2) is 6.91. The number of nitrogens with one attached hydrogen (secondary N) is 1. The highest BCUT2D eigenvalue weighted by molar-refractivity contribution is 7.86. The van der Waals surface area contributed by atoms with E-state index >= 15 is 0 Å². The van der Waals surface area contributed by atoms with Crippen molar-refractivity contribution in [3.63, 3.8) is 0 Å². The molecule has 1 rings (SSSR count). The van der Waals surface area contributed by atoms with Crippen LogP contribution in [0.2, 0.25) is 0 Å². The van der Waals surface area contributed by atoms with Crippen molar-refractivity contribution in [3.8, 4) is 0 Å². The van der Waals surface area contributed by atoms with Crippen LogP contribution in [0.25, 0.3) is 0 Å². The fourth-order valence-corrected chi connectivity index (χ4v) is 2.34. The van der Waals surface area contributed by atoms with E-state index in [4.69, 9.17) is 4.74 Å². The number of ether oxygens (including phenoxy) is 1. The molecule has 0 fully saturated rings. The van der Waals surface area contributed by atoms with Gasteiger partial charge in [-0.25, -0.2) is 4.79 Å². The van der Waals surface area contributed by atoms with Crippen LogP contribution in [0.15, 0.2) is 30.3 Å². The molecule has 21 heavy (non-hydrogen) atoms. The van der Waals surface area contributed by atoms with Gasteiger partial charge in [0.25, 0.3) is 10.1 Å². The summed E-state index contributed by atoms with van der Waals surface area (Å²) in [6, 6.07) is 9.20. The lowest BCUT2D eigenvalue weighted by molar-refractivity contribution is 0.0516. The Labute approximate surface area is 125 Å². The van der Waals surface area contributed by atoms with Gasteiger partial charge >= 0.3 is 6.09 Å². The quantitative estimate of drug-likeness (QED) is 0.814. The average Bonchev–Trinajstić information content (AvgIpc) is 2.32. The zero-order chi connectivity index (χ0) is 16.1. The minimum absolute atomic E-state index is 0.0576. The zero-order valence-electron chi connectivity index (χ0n) is 12.4. The second-order valence-electron chi connectivity index (χ2n) is 5.67. The van der Waals surface area contributed by atoms with Crippen molar-refractivity contribution < 1.29 is 22.5 Å². The lowest BCUT2D eigenvalue weighted by Crippen LogP contribution is -2.43. The van der Waals surface area contributed by atoms with E-state index in [2.05, 4.69) is 5.32 Å². The van der Waals surface area contributed by atoms with Gasteiger partial charge in [-0.15, -0.1) is 0 Å². The predicted octanol–water partition coefficient (Wildman–Crippen LogP) is 2.36. The Balaban J connectivity index is 2.67. The van der Waals surface area contributed by atoms with E-state index < -0.39 is 27.2 Å². The molecule has 0 aliphatic heterocycles. The summed E-state index contributed by atoms with van der Waals surface area (Å²) in [4.78, 5) is 11.6. The molecule has 1 unspecified atom stereocenters. The Morgan fingerprint density at radius 3 is 2.33 bits per heavy atom. The lowest BCUT2D eigenvalue weighted by atomic mass is 10.1. The minimum atomic E-state index is -4.40. The van der Waals surface area contributed by atoms with Gasteiger partial charge in [0.15, 0.2) is 5.37 Å². The minimum Gasteiger partial charge on any atom is -0.444 e. The maximum atomic E-state index is 11.6. The van der Waals surface area contributed by atoms with Gasteiger partial charge in [-0.2, -0.15) is 8.42 Å². The summed E-state index contributed by atoms with van der Waals surface area (Å²) in [5, 5.41) is 0.789. The van der Waals surface area contributed by atoms with Crippen molar-refractivity contribution in [2.45, 2.75) is 44.6 Å². The summed E-state index contributed by atoms with van der Waals surface area (Å²) < 4.78 is 36.9. The Kier molecular flexibility index (Phi) is 5.74. The molecule has 0 aliphatic carbocycles. The molecule has 0 bridgehead atoms. The van der Waals surface area contributed by atoms with E-state index in [0.29, 0.717) is 6.42 Å². The van der Waals surface area contributed by atoms with Gasteiger partial charge in [0.2, 0.25) is 0 Å². The molecule has 6 nitrogen and oxygen atoms in total. The summed E-state index contributed by atoms with van der Waals surface area (Å²) in [6.45, 7) is 5.00. The highest BCUT2D eigenvalue weighted by Crippen LogP contribution is 2.11. The summed E-state index contributed by atoms with van der Waals surface area (Å²) >= 11 is 0. The van der Waals surface area contributed by atoms with Gasteiger partial charge in [-0.1, -0.05) is 30.3 Å². The molecule has 1 aromatic carbocycles. The third-order valence-electron chi connectivity index (χ3n) is 2.58. The molecule has 0 heterocycles. The fourth-order valence-electron chi connectivity index (χ4n) is 1.68. The molecule has 0 saturated heterocycles. The van der Waals surface area contributed by atoms with E-state index in [-0.39, 0.29) is 6.42 Å². The summed E-state index contributed by atoms with van der Waals surface area (Å²) in [6.07, 6.45) is -0.415. The number of carbonyl (C=O) groups is 1. The van der Waals surface area contributed by atoms with Crippen LogP contribution >= 0.6 is 0 Å². The lowest BCUT2D eigenvalue weighted by Gasteiger charge is -2.22. The van der Waals surface area contributed by atoms with Gasteiger partial charge in [0.05, 0.1) is 0 Å². The number of hydrogen-bond acceptors (Lipinski definition) is 4. The van der Waals surface area contributed by atoms with E-state index in [1.54, 1.807) is 20.8 Å². The van der Waals surface area contributed by atoms with Crippen molar-refractivity contribution in [1.29, 1.82) is 0 Å². The number of alkyl carbamates (subject to hydrolysis) is 1. The standard InChI is InChI=1S/C14H21NO5S/c1-14(2,3)20-13(16)15-12(21(17,18)19)10-9-11-7-5-4-6-8-11/h4-8,12H,9-10H2,1-3H3,(H,15,16)(H,17,18,19). The number of rotatable bonds is 5. The maximum absolute atomic E-state index is 11.6. The number of carbonyl (C=O) groups excluding carboxylic acids is 1. The van der Waals surface area contributed by atoms with Crippen LogP contribution in [0.3, 0.4) is 0 Å².